The summed E-state index contributed by atoms with van der Waals surface area (Å²) in [5, 5.41) is 0. The van der Waals surface area contributed by atoms with Gasteiger partial charge in [0.05, 0.1) is 6.26 Å². The van der Waals surface area contributed by atoms with E-state index >= 15 is 0 Å². The zero-order chi connectivity index (χ0) is 14.3. The lowest BCUT2D eigenvalue weighted by Crippen LogP contribution is -2.41. The monoisotopic (exact) mass is 292 g/mol. The van der Waals surface area contributed by atoms with E-state index in [1.54, 1.807) is 4.31 Å². The molecule has 1 aliphatic rings. The van der Waals surface area contributed by atoms with Crippen molar-refractivity contribution in [3.05, 3.63) is 0 Å². The number of nitrogens with zero attached hydrogens (tertiary/aromatic N) is 1. The summed E-state index contributed by atoms with van der Waals surface area (Å²) < 4.78 is 30.1. The molecule has 2 N–H and O–H groups in total. The van der Waals surface area contributed by atoms with E-state index in [0.29, 0.717) is 25.6 Å². The van der Waals surface area contributed by atoms with E-state index in [4.69, 9.17) is 10.5 Å². The normalized spacial score (nSPS) is 23.4. The van der Waals surface area contributed by atoms with Crippen LogP contribution in [-0.2, 0) is 14.8 Å². The first-order valence-corrected chi connectivity index (χ1v) is 9.06. The molecule has 2 unspecified atom stereocenters. The van der Waals surface area contributed by atoms with Crippen LogP contribution in [0.1, 0.15) is 39.0 Å². The minimum atomic E-state index is -3.05. The van der Waals surface area contributed by atoms with Crippen LogP contribution in [0.4, 0.5) is 0 Å². The van der Waals surface area contributed by atoms with Gasteiger partial charge in [-0.05, 0) is 38.0 Å². The summed E-state index contributed by atoms with van der Waals surface area (Å²) in [6.07, 6.45) is 6.08. The van der Waals surface area contributed by atoms with E-state index in [2.05, 4.69) is 6.92 Å². The van der Waals surface area contributed by atoms with Crippen LogP contribution in [0.15, 0.2) is 0 Å². The molecule has 0 aliphatic carbocycles. The maximum atomic E-state index is 11.5. The molecule has 0 aromatic carbocycles. The summed E-state index contributed by atoms with van der Waals surface area (Å²) >= 11 is 0. The molecule has 0 aromatic rings. The molecule has 1 rings (SSSR count). The molecule has 0 amide bonds. The third-order valence-electron chi connectivity index (χ3n) is 3.57. The van der Waals surface area contributed by atoms with Gasteiger partial charge in [-0.3, -0.25) is 0 Å². The summed E-state index contributed by atoms with van der Waals surface area (Å²) in [6, 6.07) is 0.112. The Morgan fingerprint density at radius 2 is 2.16 bits per heavy atom. The SMILES string of the molecule is CCCOCCC(N)CC1CCCN(S(C)(=O)=O)C1. The van der Waals surface area contributed by atoms with Crippen LogP contribution in [0.3, 0.4) is 0 Å². The minimum Gasteiger partial charge on any atom is -0.381 e. The predicted octanol–water partition coefficient (Wildman–Crippen LogP) is 1.19. The minimum absolute atomic E-state index is 0.112. The zero-order valence-electron chi connectivity index (χ0n) is 12.2. The highest BCUT2D eigenvalue weighted by atomic mass is 32.2. The van der Waals surface area contributed by atoms with Crippen molar-refractivity contribution >= 4 is 10.0 Å². The maximum Gasteiger partial charge on any atom is 0.211 e. The van der Waals surface area contributed by atoms with Crippen LogP contribution < -0.4 is 5.73 Å². The van der Waals surface area contributed by atoms with Crippen molar-refractivity contribution in [2.75, 3.05) is 32.6 Å². The van der Waals surface area contributed by atoms with Crippen molar-refractivity contribution in [3.8, 4) is 0 Å². The highest BCUT2D eigenvalue weighted by molar-refractivity contribution is 7.88. The molecule has 5 nitrogen and oxygen atoms in total. The van der Waals surface area contributed by atoms with E-state index < -0.39 is 10.0 Å². The van der Waals surface area contributed by atoms with Crippen LogP contribution in [0.5, 0.6) is 0 Å². The fraction of sp³-hybridized carbons (Fsp3) is 1.00. The molecule has 0 saturated carbocycles. The lowest BCUT2D eigenvalue weighted by atomic mass is 9.92. The Hall–Kier alpha value is -0.170. The Morgan fingerprint density at radius 1 is 1.42 bits per heavy atom. The molecule has 19 heavy (non-hydrogen) atoms. The number of ether oxygens (including phenoxy) is 1. The molecule has 0 spiro atoms. The molecule has 0 aromatic heterocycles. The average Bonchev–Trinajstić information content (AvgIpc) is 2.34. The van der Waals surface area contributed by atoms with Crippen molar-refractivity contribution in [2.45, 2.75) is 45.1 Å². The van der Waals surface area contributed by atoms with Gasteiger partial charge in [0, 0.05) is 32.3 Å². The molecular formula is C13H28N2O3S. The number of sulfonamides is 1. The second-order valence-electron chi connectivity index (χ2n) is 5.53. The van der Waals surface area contributed by atoms with Gasteiger partial charge in [0.15, 0.2) is 0 Å². The third kappa shape index (κ3) is 6.70. The molecule has 1 heterocycles. The van der Waals surface area contributed by atoms with Crippen molar-refractivity contribution in [3.63, 3.8) is 0 Å². The standard InChI is InChI=1S/C13H28N2O3S/c1-3-8-18-9-6-13(14)10-12-5-4-7-15(11-12)19(2,16)17/h12-13H,3-11,14H2,1-2H3. The topological polar surface area (TPSA) is 72.6 Å². The fourth-order valence-electron chi connectivity index (χ4n) is 2.55. The molecule has 2 atom stereocenters. The molecule has 1 fully saturated rings. The molecule has 0 radical (unpaired) electrons. The Bertz CT molecular complexity index is 346. The lowest BCUT2D eigenvalue weighted by Gasteiger charge is -2.32. The van der Waals surface area contributed by atoms with Gasteiger partial charge in [0.1, 0.15) is 0 Å². The molecule has 114 valence electrons. The fourth-order valence-corrected chi connectivity index (χ4v) is 3.49. The van der Waals surface area contributed by atoms with Crippen LogP contribution in [-0.4, -0.2) is 51.3 Å². The Balaban J connectivity index is 2.28. The number of hydrogen-bond donors (Lipinski definition) is 1. The van der Waals surface area contributed by atoms with E-state index in [1.165, 1.54) is 6.26 Å². The van der Waals surface area contributed by atoms with Crippen LogP contribution in [0, 0.1) is 5.92 Å². The van der Waals surface area contributed by atoms with Crippen LogP contribution in [0.25, 0.3) is 0 Å². The highest BCUT2D eigenvalue weighted by Crippen LogP contribution is 2.22. The first-order valence-electron chi connectivity index (χ1n) is 7.22. The van der Waals surface area contributed by atoms with Gasteiger partial charge in [-0.25, -0.2) is 12.7 Å². The molecule has 1 saturated heterocycles. The number of rotatable bonds is 8. The van der Waals surface area contributed by atoms with Gasteiger partial charge >= 0.3 is 0 Å². The van der Waals surface area contributed by atoms with Crippen molar-refractivity contribution < 1.29 is 13.2 Å². The summed E-state index contributed by atoms with van der Waals surface area (Å²) in [6.45, 7) is 4.86. The van der Waals surface area contributed by atoms with Crippen molar-refractivity contribution in [2.24, 2.45) is 11.7 Å². The van der Waals surface area contributed by atoms with E-state index in [1.807, 2.05) is 0 Å². The Morgan fingerprint density at radius 3 is 2.79 bits per heavy atom. The van der Waals surface area contributed by atoms with Gasteiger partial charge in [0.2, 0.25) is 10.0 Å². The van der Waals surface area contributed by atoms with Gasteiger partial charge in [-0.15, -0.1) is 0 Å². The summed E-state index contributed by atoms with van der Waals surface area (Å²) in [5.74, 6) is 0.393. The average molecular weight is 292 g/mol. The second kappa shape index (κ2) is 8.19. The summed E-state index contributed by atoms with van der Waals surface area (Å²) in [4.78, 5) is 0. The molecular weight excluding hydrogens is 264 g/mol. The number of hydrogen-bond acceptors (Lipinski definition) is 4. The smallest absolute Gasteiger partial charge is 0.211 e. The molecule has 0 bridgehead atoms. The highest BCUT2D eigenvalue weighted by Gasteiger charge is 2.26. The maximum absolute atomic E-state index is 11.5. The van der Waals surface area contributed by atoms with Gasteiger partial charge in [-0.2, -0.15) is 0 Å². The van der Waals surface area contributed by atoms with Gasteiger partial charge in [0.25, 0.3) is 0 Å². The van der Waals surface area contributed by atoms with Crippen LogP contribution in [0.2, 0.25) is 0 Å². The molecule has 1 aliphatic heterocycles. The van der Waals surface area contributed by atoms with Gasteiger partial charge < -0.3 is 10.5 Å². The predicted molar refractivity (Wildman–Crippen MR) is 77.5 cm³/mol. The zero-order valence-corrected chi connectivity index (χ0v) is 13.0. The van der Waals surface area contributed by atoms with Gasteiger partial charge in [-0.1, -0.05) is 6.92 Å². The Labute approximate surface area is 117 Å². The van der Waals surface area contributed by atoms with Crippen molar-refractivity contribution in [1.82, 2.24) is 4.31 Å². The first kappa shape index (κ1) is 16.9. The van der Waals surface area contributed by atoms with E-state index in [-0.39, 0.29) is 6.04 Å². The largest absolute Gasteiger partial charge is 0.381 e. The summed E-state index contributed by atoms with van der Waals surface area (Å²) in [5.41, 5.74) is 6.09. The third-order valence-corrected chi connectivity index (χ3v) is 4.84. The second-order valence-corrected chi connectivity index (χ2v) is 7.51. The lowest BCUT2D eigenvalue weighted by molar-refractivity contribution is 0.123. The first-order chi connectivity index (χ1) is 8.93. The Kier molecular flexibility index (Phi) is 7.28. The van der Waals surface area contributed by atoms with Crippen LogP contribution >= 0.6 is 0 Å². The quantitative estimate of drug-likeness (QED) is 0.682. The number of piperidine rings is 1. The van der Waals surface area contributed by atoms with Crippen molar-refractivity contribution in [1.29, 1.82) is 0 Å². The van der Waals surface area contributed by atoms with E-state index in [9.17, 15) is 8.42 Å². The summed E-state index contributed by atoms with van der Waals surface area (Å²) in [7, 11) is -3.05. The molecule has 6 heteroatoms. The number of nitrogens with two attached hydrogens (primary N) is 1. The van der Waals surface area contributed by atoms with E-state index in [0.717, 1.165) is 38.7 Å².